The van der Waals surface area contributed by atoms with E-state index >= 15 is 0 Å². The summed E-state index contributed by atoms with van der Waals surface area (Å²) in [5.41, 5.74) is 18.0. The van der Waals surface area contributed by atoms with E-state index in [9.17, 15) is 0 Å². The number of fused-ring (bicyclic) bond motifs is 3. The molecule has 3 nitrogen and oxygen atoms in total. The predicted octanol–water partition coefficient (Wildman–Crippen LogP) is 13.7. The van der Waals surface area contributed by atoms with Gasteiger partial charge in [0.05, 0.1) is 0 Å². The molecule has 1 aromatic heterocycles. The van der Waals surface area contributed by atoms with Gasteiger partial charge in [-0.1, -0.05) is 202 Å². The Bertz CT molecular complexity index is 2790. The third-order valence-electron chi connectivity index (χ3n) is 10.6. The van der Waals surface area contributed by atoms with Gasteiger partial charge >= 0.3 is 0 Å². The molecule has 0 saturated heterocycles. The van der Waals surface area contributed by atoms with Crippen LogP contribution in [0.4, 0.5) is 0 Å². The first-order valence-electron chi connectivity index (χ1n) is 18.7. The van der Waals surface area contributed by atoms with E-state index in [0.29, 0.717) is 17.5 Å². The van der Waals surface area contributed by atoms with E-state index in [0.717, 1.165) is 28.7 Å². The van der Waals surface area contributed by atoms with Crippen molar-refractivity contribution in [2.75, 3.05) is 0 Å². The number of nitrogens with zero attached hydrogens (tertiary/aromatic N) is 3. The zero-order valence-electron chi connectivity index (χ0n) is 30.1. The topological polar surface area (TPSA) is 38.7 Å². The zero-order chi connectivity index (χ0) is 36.6. The van der Waals surface area contributed by atoms with Crippen LogP contribution in [0.25, 0.3) is 89.8 Å². The fraction of sp³-hybridized carbons (Fsp3) is 0.0377. The molecule has 3 heteroatoms. The van der Waals surface area contributed by atoms with Crippen LogP contribution in [0.3, 0.4) is 0 Å². The number of benzene rings is 8. The zero-order valence-corrected chi connectivity index (χ0v) is 30.1. The molecule has 0 amide bonds. The molecule has 0 fully saturated rings. The van der Waals surface area contributed by atoms with Gasteiger partial charge in [0.1, 0.15) is 0 Å². The van der Waals surface area contributed by atoms with Crippen molar-refractivity contribution in [3.63, 3.8) is 0 Å². The maximum absolute atomic E-state index is 5.03. The van der Waals surface area contributed by atoms with Crippen LogP contribution in [0.5, 0.6) is 0 Å². The minimum Gasteiger partial charge on any atom is -0.208 e. The predicted molar refractivity (Wildman–Crippen MR) is 233 cm³/mol. The summed E-state index contributed by atoms with van der Waals surface area (Å²) in [6.07, 6.45) is 0.884. The Balaban J connectivity index is 0.00000410. The maximum atomic E-state index is 5.03. The van der Waals surface area contributed by atoms with E-state index in [1.54, 1.807) is 0 Å². The summed E-state index contributed by atoms with van der Waals surface area (Å²) in [4.78, 5) is 15.0. The molecule has 0 bridgehead atoms. The molecule has 266 valence electrons. The molecule has 0 N–H and O–H groups in total. The van der Waals surface area contributed by atoms with Gasteiger partial charge in [0.15, 0.2) is 17.5 Å². The Kier molecular flexibility index (Phi) is 9.18. The molecule has 0 spiro atoms. The fourth-order valence-corrected chi connectivity index (χ4v) is 7.87. The van der Waals surface area contributed by atoms with Crippen molar-refractivity contribution in [3.05, 3.63) is 211 Å². The van der Waals surface area contributed by atoms with Crippen molar-refractivity contribution in [2.45, 2.75) is 13.8 Å². The third kappa shape index (κ3) is 6.50. The smallest absolute Gasteiger partial charge is 0.164 e. The molecule has 8 aromatic carbocycles. The summed E-state index contributed by atoms with van der Waals surface area (Å²) in [5.74, 6) is 1.95. The molecule has 1 heterocycles. The van der Waals surface area contributed by atoms with Gasteiger partial charge in [0, 0.05) is 16.7 Å². The number of hydrogen-bond acceptors (Lipinski definition) is 3. The minimum absolute atomic E-state index is 0. The molecule has 9 aromatic rings. The van der Waals surface area contributed by atoms with E-state index in [1.807, 2.05) is 36.4 Å². The minimum atomic E-state index is 0. The Labute approximate surface area is 328 Å². The van der Waals surface area contributed by atoms with Crippen molar-refractivity contribution in [3.8, 4) is 89.8 Å². The first kappa shape index (κ1) is 34.5. The average Bonchev–Trinajstić information content (AvgIpc) is 3.67. The van der Waals surface area contributed by atoms with Crippen LogP contribution < -0.4 is 0 Å². The van der Waals surface area contributed by atoms with Crippen LogP contribution in [-0.4, -0.2) is 15.0 Å². The SMILES string of the molecule is C.c1ccc(-c2ccc(-c3nc(-c4ccccc4)nc(-c4ccc(-c5cccc6c5Cc5c(-c7cccc(-c8ccccc8)c7)cccc5-6)cc4)n3)cc2)cc1. The van der Waals surface area contributed by atoms with Crippen molar-refractivity contribution < 1.29 is 0 Å². The number of rotatable bonds is 7. The van der Waals surface area contributed by atoms with E-state index < -0.39 is 0 Å². The van der Waals surface area contributed by atoms with Crippen molar-refractivity contribution in [1.82, 2.24) is 15.0 Å². The van der Waals surface area contributed by atoms with E-state index in [4.69, 9.17) is 15.0 Å². The molecule has 1 aliphatic carbocycles. The van der Waals surface area contributed by atoms with Crippen LogP contribution in [0, 0.1) is 0 Å². The lowest BCUT2D eigenvalue weighted by atomic mass is 9.93. The molecular formula is C53H39N3. The quantitative estimate of drug-likeness (QED) is 0.165. The first-order chi connectivity index (χ1) is 27.2. The summed E-state index contributed by atoms with van der Waals surface area (Å²) in [5, 5.41) is 0. The van der Waals surface area contributed by atoms with Crippen LogP contribution in [-0.2, 0) is 6.42 Å². The van der Waals surface area contributed by atoms with Gasteiger partial charge in [0.25, 0.3) is 0 Å². The van der Waals surface area contributed by atoms with Gasteiger partial charge in [-0.15, -0.1) is 0 Å². The average molecular weight is 718 g/mol. The summed E-state index contributed by atoms with van der Waals surface area (Å²) < 4.78 is 0. The van der Waals surface area contributed by atoms with Gasteiger partial charge in [-0.25, -0.2) is 15.0 Å². The fourth-order valence-electron chi connectivity index (χ4n) is 7.87. The standard InChI is InChI=1S/C52H35N3.CH4/c1-4-13-35(14-5-1)37-25-29-40(30-26-37)51-53-50(39-17-8-3-9-18-39)54-52(55-51)41-31-27-38(28-32-41)44-21-11-23-46-47-24-12-22-45(49(47)34-48(44)46)43-20-10-19-42(33-43)36-15-6-2-7-16-36;/h1-33H,34H2;1H4. The van der Waals surface area contributed by atoms with Gasteiger partial charge in [0.2, 0.25) is 0 Å². The highest BCUT2D eigenvalue weighted by Gasteiger charge is 2.24. The third-order valence-corrected chi connectivity index (χ3v) is 10.6. The maximum Gasteiger partial charge on any atom is 0.164 e. The van der Waals surface area contributed by atoms with Crippen molar-refractivity contribution in [2.24, 2.45) is 0 Å². The second-order valence-electron chi connectivity index (χ2n) is 14.0. The lowest BCUT2D eigenvalue weighted by Gasteiger charge is -2.11. The van der Waals surface area contributed by atoms with Gasteiger partial charge in [-0.3, -0.25) is 0 Å². The Morgan fingerprint density at radius 1 is 0.250 bits per heavy atom. The van der Waals surface area contributed by atoms with Gasteiger partial charge < -0.3 is 0 Å². The molecule has 0 radical (unpaired) electrons. The monoisotopic (exact) mass is 717 g/mol. The van der Waals surface area contributed by atoms with Gasteiger partial charge in [-0.05, 0) is 79.2 Å². The number of hydrogen-bond donors (Lipinski definition) is 0. The molecular weight excluding hydrogens is 679 g/mol. The summed E-state index contributed by atoms with van der Waals surface area (Å²) in [6, 6.07) is 70.7. The number of aromatic nitrogens is 3. The Hall–Kier alpha value is -7.23. The Morgan fingerprint density at radius 3 is 1.09 bits per heavy atom. The Morgan fingerprint density at radius 2 is 0.571 bits per heavy atom. The molecule has 0 saturated carbocycles. The summed E-state index contributed by atoms with van der Waals surface area (Å²) in [7, 11) is 0. The van der Waals surface area contributed by atoms with E-state index in [-0.39, 0.29) is 7.43 Å². The second-order valence-corrected chi connectivity index (χ2v) is 14.0. The highest BCUT2D eigenvalue weighted by atomic mass is 15.0. The van der Waals surface area contributed by atoms with Crippen LogP contribution in [0.1, 0.15) is 18.6 Å². The summed E-state index contributed by atoms with van der Waals surface area (Å²) in [6.45, 7) is 0. The highest BCUT2D eigenvalue weighted by Crippen LogP contribution is 2.45. The summed E-state index contributed by atoms with van der Waals surface area (Å²) >= 11 is 0. The van der Waals surface area contributed by atoms with Crippen molar-refractivity contribution >= 4 is 0 Å². The van der Waals surface area contributed by atoms with E-state index in [1.165, 1.54) is 61.2 Å². The second kappa shape index (κ2) is 14.9. The largest absolute Gasteiger partial charge is 0.208 e. The van der Waals surface area contributed by atoms with E-state index in [2.05, 4.69) is 164 Å². The van der Waals surface area contributed by atoms with Gasteiger partial charge in [-0.2, -0.15) is 0 Å². The first-order valence-corrected chi connectivity index (χ1v) is 18.7. The molecule has 56 heavy (non-hydrogen) atoms. The van der Waals surface area contributed by atoms with Crippen LogP contribution >= 0.6 is 0 Å². The van der Waals surface area contributed by atoms with Crippen molar-refractivity contribution in [1.29, 1.82) is 0 Å². The normalized spacial score (nSPS) is 11.4. The van der Waals surface area contributed by atoms with Crippen LogP contribution in [0.2, 0.25) is 0 Å². The molecule has 10 rings (SSSR count). The highest BCUT2D eigenvalue weighted by molar-refractivity contribution is 5.90. The lowest BCUT2D eigenvalue weighted by molar-refractivity contribution is 1.07. The molecule has 0 unspecified atom stereocenters. The molecule has 1 aliphatic rings. The molecule has 0 atom stereocenters. The molecule has 0 aliphatic heterocycles. The van der Waals surface area contributed by atoms with Crippen LogP contribution in [0.15, 0.2) is 200 Å². The lowest BCUT2D eigenvalue weighted by Crippen LogP contribution is -2.00.